The van der Waals surface area contributed by atoms with Gasteiger partial charge in [0, 0.05) is 16.5 Å². The lowest BCUT2D eigenvalue weighted by Gasteiger charge is -2.04. The lowest BCUT2D eigenvalue weighted by atomic mass is 9.99. The number of hydrogen-bond donors (Lipinski definition) is 0. The monoisotopic (exact) mass is 238 g/mol. The number of benzene rings is 2. The Morgan fingerprint density at radius 3 is 2.59 bits per heavy atom. The first kappa shape index (κ1) is 10.2. The fourth-order valence-electron chi connectivity index (χ4n) is 1.97. The number of carbonyl (C=O) groups excluding carboxylic acids is 1. The SMILES string of the molecule is O=C(c1ccsc1)c1cccc2ccccc12. The summed E-state index contributed by atoms with van der Waals surface area (Å²) in [6, 6.07) is 15.7. The zero-order valence-corrected chi connectivity index (χ0v) is 9.91. The van der Waals surface area contributed by atoms with Gasteiger partial charge in [0.2, 0.25) is 0 Å². The molecule has 0 N–H and O–H groups in total. The smallest absolute Gasteiger partial charge is 0.194 e. The highest BCUT2D eigenvalue weighted by molar-refractivity contribution is 7.08. The highest BCUT2D eigenvalue weighted by atomic mass is 32.1. The van der Waals surface area contributed by atoms with Gasteiger partial charge in [0.25, 0.3) is 0 Å². The van der Waals surface area contributed by atoms with Gasteiger partial charge in [0.05, 0.1) is 0 Å². The van der Waals surface area contributed by atoms with Crippen molar-refractivity contribution >= 4 is 27.9 Å². The van der Waals surface area contributed by atoms with E-state index >= 15 is 0 Å². The molecule has 0 amide bonds. The molecule has 3 aromatic rings. The van der Waals surface area contributed by atoms with Gasteiger partial charge >= 0.3 is 0 Å². The van der Waals surface area contributed by atoms with Gasteiger partial charge in [0.15, 0.2) is 5.78 Å². The summed E-state index contributed by atoms with van der Waals surface area (Å²) in [5, 5.41) is 5.95. The Balaban J connectivity index is 2.21. The Morgan fingerprint density at radius 1 is 0.941 bits per heavy atom. The van der Waals surface area contributed by atoms with Crippen molar-refractivity contribution in [1.82, 2.24) is 0 Å². The van der Waals surface area contributed by atoms with E-state index < -0.39 is 0 Å². The number of fused-ring (bicyclic) bond motifs is 1. The molecule has 17 heavy (non-hydrogen) atoms. The summed E-state index contributed by atoms with van der Waals surface area (Å²) in [6.07, 6.45) is 0. The van der Waals surface area contributed by atoms with Gasteiger partial charge in [-0.1, -0.05) is 42.5 Å². The van der Waals surface area contributed by atoms with Gasteiger partial charge in [0.1, 0.15) is 0 Å². The summed E-state index contributed by atoms with van der Waals surface area (Å²) in [7, 11) is 0. The maximum atomic E-state index is 12.3. The molecule has 82 valence electrons. The molecular formula is C15H10OS. The van der Waals surface area contributed by atoms with Gasteiger partial charge in [-0.25, -0.2) is 0 Å². The number of ketones is 1. The average molecular weight is 238 g/mol. The van der Waals surface area contributed by atoms with E-state index in [-0.39, 0.29) is 5.78 Å². The van der Waals surface area contributed by atoms with E-state index in [1.807, 2.05) is 59.3 Å². The first-order valence-corrected chi connectivity index (χ1v) is 6.35. The van der Waals surface area contributed by atoms with Crippen molar-refractivity contribution in [2.75, 3.05) is 0 Å². The van der Waals surface area contributed by atoms with Crippen LogP contribution in [0.1, 0.15) is 15.9 Å². The summed E-state index contributed by atoms with van der Waals surface area (Å²) >= 11 is 1.55. The van der Waals surface area contributed by atoms with Crippen LogP contribution in [0.2, 0.25) is 0 Å². The molecule has 0 saturated carbocycles. The summed E-state index contributed by atoms with van der Waals surface area (Å²) in [5.74, 6) is 0.100. The van der Waals surface area contributed by atoms with E-state index in [0.717, 1.165) is 21.9 Å². The molecule has 1 heterocycles. The van der Waals surface area contributed by atoms with Gasteiger partial charge in [-0.3, -0.25) is 4.79 Å². The summed E-state index contributed by atoms with van der Waals surface area (Å²) in [6.45, 7) is 0. The van der Waals surface area contributed by atoms with Crippen LogP contribution >= 0.6 is 11.3 Å². The lowest BCUT2D eigenvalue weighted by Crippen LogP contribution is -2.00. The van der Waals surface area contributed by atoms with Crippen LogP contribution in [0.25, 0.3) is 10.8 Å². The van der Waals surface area contributed by atoms with Crippen molar-refractivity contribution in [2.24, 2.45) is 0 Å². The third-order valence-corrected chi connectivity index (χ3v) is 3.50. The normalized spacial score (nSPS) is 10.6. The fraction of sp³-hybridized carbons (Fsp3) is 0. The summed E-state index contributed by atoms with van der Waals surface area (Å²) < 4.78 is 0. The fourth-order valence-corrected chi connectivity index (χ4v) is 2.61. The Morgan fingerprint density at radius 2 is 1.76 bits per heavy atom. The number of thiophene rings is 1. The molecule has 3 rings (SSSR count). The second-order valence-corrected chi connectivity index (χ2v) is 4.65. The molecule has 0 aliphatic heterocycles. The van der Waals surface area contributed by atoms with Crippen LogP contribution in [0.3, 0.4) is 0 Å². The Kier molecular flexibility index (Phi) is 2.50. The van der Waals surface area contributed by atoms with Crippen molar-refractivity contribution in [1.29, 1.82) is 0 Å². The molecule has 2 heteroatoms. The van der Waals surface area contributed by atoms with Crippen LogP contribution in [-0.2, 0) is 0 Å². The third-order valence-electron chi connectivity index (χ3n) is 2.82. The minimum absolute atomic E-state index is 0.100. The molecule has 0 radical (unpaired) electrons. The Hall–Kier alpha value is -1.93. The highest BCUT2D eigenvalue weighted by Gasteiger charge is 2.11. The zero-order chi connectivity index (χ0) is 11.7. The van der Waals surface area contributed by atoms with Crippen molar-refractivity contribution in [2.45, 2.75) is 0 Å². The molecule has 0 aliphatic rings. The average Bonchev–Trinajstić information content (AvgIpc) is 2.91. The number of rotatable bonds is 2. The van der Waals surface area contributed by atoms with E-state index in [1.165, 1.54) is 0 Å². The molecule has 0 atom stereocenters. The lowest BCUT2D eigenvalue weighted by molar-refractivity contribution is 0.104. The van der Waals surface area contributed by atoms with E-state index in [1.54, 1.807) is 11.3 Å². The second kappa shape index (κ2) is 4.15. The predicted octanol–water partition coefficient (Wildman–Crippen LogP) is 4.13. The van der Waals surface area contributed by atoms with E-state index in [4.69, 9.17) is 0 Å². The van der Waals surface area contributed by atoms with Crippen LogP contribution in [-0.4, -0.2) is 5.78 Å². The molecule has 0 spiro atoms. The Bertz CT molecular complexity index is 663. The molecule has 1 nitrogen and oxygen atoms in total. The van der Waals surface area contributed by atoms with Crippen molar-refractivity contribution in [3.05, 3.63) is 70.4 Å². The van der Waals surface area contributed by atoms with E-state index in [0.29, 0.717) is 0 Å². The summed E-state index contributed by atoms with van der Waals surface area (Å²) in [5.41, 5.74) is 1.55. The Labute approximate surface area is 103 Å². The molecular weight excluding hydrogens is 228 g/mol. The highest BCUT2D eigenvalue weighted by Crippen LogP contribution is 2.22. The summed E-state index contributed by atoms with van der Waals surface area (Å²) in [4.78, 5) is 12.3. The standard InChI is InChI=1S/C15H10OS/c16-15(12-8-9-17-10-12)14-7-3-5-11-4-1-2-6-13(11)14/h1-10H. The van der Waals surface area contributed by atoms with Crippen LogP contribution in [0.5, 0.6) is 0 Å². The minimum atomic E-state index is 0.100. The minimum Gasteiger partial charge on any atom is -0.289 e. The van der Waals surface area contributed by atoms with Gasteiger partial charge < -0.3 is 0 Å². The topological polar surface area (TPSA) is 17.1 Å². The maximum Gasteiger partial charge on any atom is 0.194 e. The molecule has 0 aliphatic carbocycles. The number of carbonyl (C=O) groups is 1. The van der Waals surface area contributed by atoms with Crippen LogP contribution in [0, 0.1) is 0 Å². The molecule has 1 aromatic heterocycles. The van der Waals surface area contributed by atoms with E-state index in [2.05, 4.69) is 0 Å². The molecule has 2 aromatic carbocycles. The first-order chi connectivity index (χ1) is 8.36. The van der Waals surface area contributed by atoms with Crippen molar-refractivity contribution in [3.63, 3.8) is 0 Å². The predicted molar refractivity (Wildman–Crippen MR) is 71.7 cm³/mol. The quantitative estimate of drug-likeness (QED) is 0.613. The van der Waals surface area contributed by atoms with Gasteiger partial charge in [-0.2, -0.15) is 11.3 Å². The van der Waals surface area contributed by atoms with Crippen LogP contribution < -0.4 is 0 Å². The first-order valence-electron chi connectivity index (χ1n) is 5.41. The maximum absolute atomic E-state index is 12.3. The molecule has 0 fully saturated rings. The van der Waals surface area contributed by atoms with Crippen molar-refractivity contribution < 1.29 is 4.79 Å². The van der Waals surface area contributed by atoms with E-state index in [9.17, 15) is 4.79 Å². The van der Waals surface area contributed by atoms with Gasteiger partial charge in [-0.15, -0.1) is 0 Å². The molecule has 0 saturated heterocycles. The molecule has 0 bridgehead atoms. The van der Waals surface area contributed by atoms with Crippen molar-refractivity contribution in [3.8, 4) is 0 Å². The van der Waals surface area contributed by atoms with Crippen LogP contribution in [0.15, 0.2) is 59.3 Å². The number of hydrogen-bond acceptors (Lipinski definition) is 2. The second-order valence-electron chi connectivity index (χ2n) is 3.87. The zero-order valence-electron chi connectivity index (χ0n) is 9.09. The largest absolute Gasteiger partial charge is 0.289 e. The molecule has 0 unspecified atom stereocenters. The third kappa shape index (κ3) is 1.77. The van der Waals surface area contributed by atoms with Crippen LogP contribution in [0.4, 0.5) is 0 Å². The van der Waals surface area contributed by atoms with Gasteiger partial charge in [-0.05, 0) is 22.2 Å².